The van der Waals surface area contributed by atoms with Crippen LogP contribution >= 0.6 is 23.2 Å². The Kier molecular flexibility index (Phi) is 7.88. The number of methoxy groups -OCH3 is 2. The van der Waals surface area contributed by atoms with Crippen LogP contribution < -0.4 is 19.5 Å². The van der Waals surface area contributed by atoms with E-state index < -0.39 is 0 Å². The quantitative estimate of drug-likeness (QED) is 0.646. The maximum absolute atomic E-state index is 11.8. The minimum Gasteiger partial charge on any atom is -0.493 e. The molecule has 0 atom stereocenters. The zero-order valence-electron chi connectivity index (χ0n) is 14.7. The second kappa shape index (κ2) is 10.1. The average Bonchev–Trinajstić information content (AvgIpc) is 2.64. The Morgan fingerprint density at radius 1 is 1.00 bits per heavy atom. The fraction of sp³-hybridized carbons (Fsp3) is 0.316. The van der Waals surface area contributed by atoms with Gasteiger partial charge < -0.3 is 19.5 Å². The third-order valence-electron chi connectivity index (χ3n) is 3.67. The van der Waals surface area contributed by atoms with Gasteiger partial charge in [0.1, 0.15) is 5.75 Å². The molecule has 0 unspecified atom stereocenters. The normalized spacial score (nSPS) is 10.3. The van der Waals surface area contributed by atoms with Crippen molar-refractivity contribution >= 4 is 29.1 Å². The molecule has 2 aromatic carbocycles. The lowest BCUT2D eigenvalue weighted by Gasteiger charge is -2.10. The molecule has 5 nitrogen and oxygen atoms in total. The van der Waals surface area contributed by atoms with Crippen LogP contribution in [0.4, 0.5) is 0 Å². The molecule has 0 spiro atoms. The maximum atomic E-state index is 11.8. The predicted molar refractivity (Wildman–Crippen MR) is 103 cm³/mol. The topological polar surface area (TPSA) is 56.8 Å². The molecule has 140 valence electrons. The lowest BCUT2D eigenvalue weighted by molar-refractivity contribution is -0.123. The molecule has 0 bridgehead atoms. The van der Waals surface area contributed by atoms with Crippen LogP contribution in [-0.4, -0.2) is 33.3 Å². The van der Waals surface area contributed by atoms with E-state index >= 15 is 0 Å². The molecule has 1 amide bonds. The van der Waals surface area contributed by atoms with Gasteiger partial charge in [0.2, 0.25) is 0 Å². The van der Waals surface area contributed by atoms with Gasteiger partial charge in [0.25, 0.3) is 5.91 Å². The molecule has 1 N–H and O–H groups in total. The highest BCUT2D eigenvalue weighted by Gasteiger charge is 2.07. The Morgan fingerprint density at radius 2 is 1.73 bits per heavy atom. The molecule has 0 aromatic heterocycles. The molecule has 2 aromatic rings. The number of hydrogen-bond acceptors (Lipinski definition) is 4. The second-order valence-electron chi connectivity index (χ2n) is 5.51. The number of aryl methyl sites for hydroxylation is 1. The first-order valence-corrected chi connectivity index (χ1v) is 8.84. The summed E-state index contributed by atoms with van der Waals surface area (Å²) in [6.07, 6.45) is 1.60. The number of ether oxygens (including phenoxy) is 3. The van der Waals surface area contributed by atoms with Crippen molar-refractivity contribution in [2.75, 3.05) is 27.4 Å². The van der Waals surface area contributed by atoms with E-state index in [1.807, 2.05) is 18.2 Å². The third kappa shape index (κ3) is 6.00. The summed E-state index contributed by atoms with van der Waals surface area (Å²) in [6.45, 7) is 0.447. The number of hydrogen-bond donors (Lipinski definition) is 1. The summed E-state index contributed by atoms with van der Waals surface area (Å²) in [7, 11) is 3.21. The molecular weight excluding hydrogens is 377 g/mol. The number of amides is 1. The minimum absolute atomic E-state index is 0.0995. The average molecular weight is 398 g/mol. The minimum atomic E-state index is -0.205. The van der Waals surface area contributed by atoms with Crippen molar-refractivity contribution in [3.8, 4) is 17.2 Å². The van der Waals surface area contributed by atoms with Crippen molar-refractivity contribution in [1.82, 2.24) is 5.32 Å². The highest BCUT2D eigenvalue weighted by molar-refractivity contribution is 6.35. The Bertz CT molecular complexity index is 752. The molecule has 7 heteroatoms. The lowest BCUT2D eigenvalue weighted by atomic mass is 10.1. The van der Waals surface area contributed by atoms with Crippen LogP contribution in [0.3, 0.4) is 0 Å². The Hall–Kier alpha value is -2.11. The highest BCUT2D eigenvalue weighted by atomic mass is 35.5. The third-order valence-corrected chi connectivity index (χ3v) is 4.20. The summed E-state index contributed by atoms with van der Waals surface area (Å²) in [5, 5.41) is 3.71. The lowest BCUT2D eigenvalue weighted by Crippen LogP contribution is -2.29. The van der Waals surface area contributed by atoms with Gasteiger partial charge in [-0.25, -0.2) is 0 Å². The maximum Gasteiger partial charge on any atom is 0.257 e. The molecule has 0 aliphatic rings. The standard InChI is InChI=1S/C19H21Cl2NO4/c1-24-17-7-5-13(10-18(17)25-2)4-3-9-22-19(23)12-26-16-8-6-14(20)11-15(16)21/h5-8,10-11H,3-4,9,12H2,1-2H3,(H,22,23). The van der Waals surface area contributed by atoms with E-state index in [4.69, 9.17) is 37.4 Å². The molecule has 0 fully saturated rings. The number of nitrogens with one attached hydrogen (secondary N) is 1. The summed E-state index contributed by atoms with van der Waals surface area (Å²) in [5.41, 5.74) is 1.11. The number of carbonyl (C=O) groups excluding carboxylic acids is 1. The molecule has 0 heterocycles. The van der Waals surface area contributed by atoms with Crippen molar-refractivity contribution in [2.24, 2.45) is 0 Å². The van der Waals surface area contributed by atoms with Gasteiger partial charge >= 0.3 is 0 Å². The summed E-state index contributed by atoms with van der Waals surface area (Å²) in [5.74, 6) is 1.62. The largest absolute Gasteiger partial charge is 0.493 e. The first kappa shape index (κ1) is 20.2. The van der Waals surface area contributed by atoms with Gasteiger partial charge in [0, 0.05) is 11.6 Å². The van der Waals surface area contributed by atoms with Crippen LogP contribution in [0.2, 0.25) is 10.0 Å². The molecule has 2 rings (SSSR count). The van der Waals surface area contributed by atoms with E-state index in [9.17, 15) is 4.79 Å². The van der Waals surface area contributed by atoms with Crippen LogP contribution in [0.1, 0.15) is 12.0 Å². The van der Waals surface area contributed by atoms with Crippen LogP contribution in [-0.2, 0) is 11.2 Å². The van der Waals surface area contributed by atoms with Gasteiger partial charge in [-0.05, 0) is 48.7 Å². The van der Waals surface area contributed by atoms with Crippen molar-refractivity contribution in [2.45, 2.75) is 12.8 Å². The number of carbonyl (C=O) groups is 1. The van der Waals surface area contributed by atoms with Gasteiger partial charge in [0.15, 0.2) is 18.1 Å². The molecule has 0 saturated carbocycles. The van der Waals surface area contributed by atoms with Crippen molar-refractivity contribution in [1.29, 1.82) is 0 Å². The molecule has 26 heavy (non-hydrogen) atoms. The van der Waals surface area contributed by atoms with E-state index in [0.717, 1.165) is 18.4 Å². The second-order valence-corrected chi connectivity index (χ2v) is 6.35. The van der Waals surface area contributed by atoms with Gasteiger partial charge in [0.05, 0.1) is 19.2 Å². The van der Waals surface area contributed by atoms with E-state index in [2.05, 4.69) is 5.32 Å². The molecule has 0 aliphatic heterocycles. The zero-order valence-corrected chi connectivity index (χ0v) is 16.2. The van der Waals surface area contributed by atoms with E-state index in [1.54, 1.807) is 32.4 Å². The van der Waals surface area contributed by atoms with Crippen LogP contribution in [0.5, 0.6) is 17.2 Å². The highest BCUT2D eigenvalue weighted by Crippen LogP contribution is 2.28. The van der Waals surface area contributed by atoms with Crippen molar-refractivity contribution < 1.29 is 19.0 Å². The fourth-order valence-corrected chi connectivity index (χ4v) is 2.81. The van der Waals surface area contributed by atoms with Gasteiger partial charge in [-0.2, -0.15) is 0 Å². The molecule has 0 saturated heterocycles. The Labute approximate surface area is 163 Å². The van der Waals surface area contributed by atoms with Gasteiger partial charge in [-0.15, -0.1) is 0 Å². The monoisotopic (exact) mass is 397 g/mol. The van der Waals surface area contributed by atoms with Crippen LogP contribution in [0, 0.1) is 0 Å². The molecule has 0 aliphatic carbocycles. The first-order valence-electron chi connectivity index (χ1n) is 8.09. The van der Waals surface area contributed by atoms with Crippen molar-refractivity contribution in [3.05, 3.63) is 52.0 Å². The number of benzene rings is 2. The predicted octanol–water partition coefficient (Wildman–Crippen LogP) is 4.14. The van der Waals surface area contributed by atoms with Crippen LogP contribution in [0.25, 0.3) is 0 Å². The SMILES string of the molecule is COc1ccc(CCCNC(=O)COc2ccc(Cl)cc2Cl)cc1OC. The van der Waals surface area contributed by atoms with E-state index in [0.29, 0.717) is 33.8 Å². The summed E-state index contributed by atoms with van der Waals surface area (Å²) in [4.78, 5) is 11.8. The summed E-state index contributed by atoms with van der Waals surface area (Å²) < 4.78 is 15.9. The Balaban J connectivity index is 1.71. The fourth-order valence-electron chi connectivity index (χ4n) is 2.34. The molecule has 0 radical (unpaired) electrons. The summed E-state index contributed by atoms with van der Waals surface area (Å²) in [6, 6.07) is 10.6. The van der Waals surface area contributed by atoms with Crippen molar-refractivity contribution in [3.63, 3.8) is 0 Å². The molecular formula is C19H21Cl2NO4. The number of halogens is 2. The van der Waals surface area contributed by atoms with E-state index in [-0.39, 0.29) is 12.5 Å². The van der Waals surface area contributed by atoms with Gasteiger partial charge in [-0.1, -0.05) is 29.3 Å². The Morgan fingerprint density at radius 3 is 2.42 bits per heavy atom. The van der Waals surface area contributed by atoms with E-state index in [1.165, 1.54) is 0 Å². The van der Waals surface area contributed by atoms with Gasteiger partial charge in [-0.3, -0.25) is 4.79 Å². The smallest absolute Gasteiger partial charge is 0.257 e. The summed E-state index contributed by atoms with van der Waals surface area (Å²) >= 11 is 11.8. The van der Waals surface area contributed by atoms with Crippen LogP contribution in [0.15, 0.2) is 36.4 Å². The zero-order chi connectivity index (χ0) is 18.9. The number of rotatable bonds is 9. The first-order chi connectivity index (χ1) is 12.5.